The van der Waals surface area contributed by atoms with Crippen LogP contribution in [0.15, 0.2) is 62.3 Å². The predicted octanol–water partition coefficient (Wildman–Crippen LogP) is 4.55. The van der Waals surface area contributed by atoms with Gasteiger partial charge in [0.15, 0.2) is 5.78 Å². The molecule has 0 bridgehead atoms. The standard InChI is InChI=1S/C20H16BrN3O2S/c21-15-10-9-14(27-15)17-16-12(7-4-8-13(16)25)22-19-18(17)20(26)24(23-19)11-5-2-1-3-6-11/h1-3,5-6,9-10,17,22-23H,4,7-8H2/t17-/m0/s1. The van der Waals surface area contributed by atoms with Gasteiger partial charge in [-0.15, -0.1) is 11.3 Å². The highest BCUT2D eigenvalue weighted by molar-refractivity contribution is 9.11. The molecule has 2 N–H and O–H groups in total. The largest absolute Gasteiger partial charge is 0.343 e. The first-order valence-electron chi connectivity index (χ1n) is 8.82. The van der Waals surface area contributed by atoms with E-state index in [-0.39, 0.29) is 17.3 Å². The van der Waals surface area contributed by atoms with Gasteiger partial charge >= 0.3 is 0 Å². The summed E-state index contributed by atoms with van der Waals surface area (Å²) in [5.74, 6) is 0.497. The van der Waals surface area contributed by atoms with Gasteiger partial charge in [0.25, 0.3) is 5.56 Å². The van der Waals surface area contributed by atoms with Gasteiger partial charge in [-0.25, -0.2) is 4.68 Å². The third-order valence-electron chi connectivity index (χ3n) is 5.13. The average molecular weight is 442 g/mol. The van der Waals surface area contributed by atoms with Gasteiger partial charge in [-0.2, -0.15) is 0 Å². The van der Waals surface area contributed by atoms with E-state index in [1.54, 1.807) is 16.0 Å². The quantitative estimate of drug-likeness (QED) is 0.612. The molecule has 1 aliphatic carbocycles. The minimum Gasteiger partial charge on any atom is -0.343 e. The molecule has 1 aromatic carbocycles. The molecule has 3 heterocycles. The van der Waals surface area contributed by atoms with Crippen LogP contribution in [0.25, 0.3) is 5.69 Å². The molecular formula is C20H16BrN3O2S. The molecule has 136 valence electrons. The van der Waals surface area contributed by atoms with Gasteiger partial charge in [0.1, 0.15) is 5.82 Å². The van der Waals surface area contributed by atoms with E-state index in [9.17, 15) is 9.59 Å². The van der Waals surface area contributed by atoms with Gasteiger partial charge in [0.05, 0.1) is 21.0 Å². The minimum absolute atomic E-state index is 0.122. The normalized spacial score (nSPS) is 18.9. The highest BCUT2D eigenvalue weighted by Crippen LogP contribution is 2.45. The minimum atomic E-state index is -0.325. The smallest absolute Gasteiger partial charge is 0.277 e. The molecule has 27 heavy (non-hydrogen) atoms. The van der Waals surface area contributed by atoms with Crippen molar-refractivity contribution in [1.82, 2.24) is 9.78 Å². The third kappa shape index (κ3) is 2.64. The number of para-hydroxylation sites is 1. The van der Waals surface area contributed by atoms with Crippen molar-refractivity contribution in [2.75, 3.05) is 5.32 Å². The molecule has 5 rings (SSSR count). The van der Waals surface area contributed by atoms with E-state index < -0.39 is 0 Å². The second-order valence-corrected chi connectivity index (χ2v) is 9.24. The number of rotatable bonds is 2. The Labute approximate surface area is 167 Å². The van der Waals surface area contributed by atoms with E-state index >= 15 is 0 Å². The zero-order chi connectivity index (χ0) is 18.5. The summed E-state index contributed by atoms with van der Waals surface area (Å²) >= 11 is 5.08. The van der Waals surface area contributed by atoms with Crippen LogP contribution >= 0.6 is 27.3 Å². The topological polar surface area (TPSA) is 66.9 Å². The molecule has 5 nitrogen and oxygen atoms in total. The fraction of sp³-hybridized carbons (Fsp3) is 0.200. The molecule has 0 saturated heterocycles. The van der Waals surface area contributed by atoms with Crippen molar-refractivity contribution >= 4 is 38.9 Å². The number of hydrogen-bond acceptors (Lipinski definition) is 4. The van der Waals surface area contributed by atoms with Crippen LogP contribution in [-0.4, -0.2) is 15.6 Å². The van der Waals surface area contributed by atoms with Crippen molar-refractivity contribution in [1.29, 1.82) is 0 Å². The number of benzene rings is 1. The van der Waals surface area contributed by atoms with Gasteiger partial charge in [0.2, 0.25) is 0 Å². The maximum absolute atomic E-state index is 13.3. The summed E-state index contributed by atoms with van der Waals surface area (Å²) < 4.78 is 2.54. The lowest BCUT2D eigenvalue weighted by molar-refractivity contribution is -0.116. The molecule has 0 fully saturated rings. The molecule has 0 saturated carbocycles. The molecule has 0 amide bonds. The highest BCUT2D eigenvalue weighted by atomic mass is 79.9. The Bertz CT molecular complexity index is 1140. The van der Waals surface area contributed by atoms with Gasteiger partial charge in [-0.1, -0.05) is 18.2 Å². The summed E-state index contributed by atoms with van der Waals surface area (Å²) in [6.07, 6.45) is 2.20. The number of Topliss-reactive ketones (excluding diaryl/α,β-unsaturated/α-hetero) is 1. The van der Waals surface area contributed by atoms with Crippen LogP contribution in [0.5, 0.6) is 0 Å². The van der Waals surface area contributed by atoms with Crippen LogP contribution in [-0.2, 0) is 4.79 Å². The Morgan fingerprint density at radius 3 is 2.63 bits per heavy atom. The number of fused-ring (bicyclic) bond motifs is 1. The second-order valence-electron chi connectivity index (χ2n) is 6.75. The van der Waals surface area contributed by atoms with E-state index in [2.05, 4.69) is 26.3 Å². The number of halogens is 1. The van der Waals surface area contributed by atoms with Crippen LogP contribution in [0.2, 0.25) is 0 Å². The number of hydrogen-bond donors (Lipinski definition) is 2. The zero-order valence-electron chi connectivity index (χ0n) is 14.3. The van der Waals surface area contributed by atoms with Crippen molar-refractivity contribution in [2.24, 2.45) is 0 Å². The number of carbonyl (C=O) groups is 1. The Morgan fingerprint density at radius 2 is 1.89 bits per heavy atom. The fourth-order valence-electron chi connectivity index (χ4n) is 3.96. The van der Waals surface area contributed by atoms with Crippen LogP contribution in [0.3, 0.4) is 0 Å². The average Bonchev–Trinajstić information content (AvgIpc) is 3.25. The number of carbonyl (C=O) groups excluding carboxylic acids is 1. The number of ketones is 1. The number of nitrogens with one attached hydrogen (secondary N) is 2. The number of thiophene rings is 1. The van der Waals surface area contributed by atoms with Crippen molar-refractivity contribution in [3.8, 4) is 5.69 Å². The lowest BCUT2D eigenvalue weighted by Crippen LogP contribution is -2.29. The number of nitrogens with zero attached hydrogens (tertiary/aromatic N) is 1. The number of aromatic nitrogens is 2. The lowest BCUT2D eigenvalue weighted by atomic mass is 9.79. The molecule has 0 unspecified atom stereocenters. The second kappa shape index (κ2) is 6.35. The Hall–Kier alpha value is -2.38. The summed E-state index contributed by atoms with van der Waals surface area (Å²) in [4.78, 5) is 27.1. The van der Waals surface area contributed by atoms with Crippen LogP contribution in [0, 0.1) is 0 Å². The van der Waals surface area contributed by atoms with Gasteiger partial charge < -0.3 is 5.32 Å². The number of H-pyrrole nitrogens is 1. The van der Waals surface area contributed by atoms with E-state index in [1.807, 2.05) is 42.5 Å². The maximum atomic E-state index is 13.3. The lowest BCUT2D eigenvalue weighted by Gasteiger charge is -2.30. The van der Waals surface area contributed by atoms with Crippen molar-refractivity contribution in [3.05, 3.63) is 78.3 Å². The van der Waals surface area contributed by atoms with Crippen LogP contribution in [0.1, 0.15) is 35.6 Å². The molecule has 1 atom stereocenters. The Balaban J connectivity index is 1.75. The van der Waals surface area contributed by atoms with Crippen molar-refractivity contribution in [3.63, 3.8) is 0 Å². The summed E-state index contributed by atoms with van der Waals surface area (Å²) in [6.45, 7) is 0. The van der Waals surface area contributed by atoms with E-state index in [4.69, 9.17) is 0 Å². The van der Waals surface area contributed by atoms with E-state index in [0.717, 1.165) is 38.5 Å². The van der Waals surface area contributed by atoms with E-state index in [0.29, 0.717) is 17.8 Å². The predicted molar refractivity (Wildman–Crippen MR) is 110 cm³/mol. The molecule has 1 aliphatic heterocycles. The Kier molecular flexibility index (Phi) is 3.94. The van der Waals surface area contributed by atoms with Crippen LogP contribution < -0.4 is 10.9 Å². The first-order valence-corrected chi connectivity index (χ1v) is 10.4. The molecule has 7 heteroatoms. The number of anilines is 1. The molecule has 2 aliphatic rings. The third-order valence-corrected chi connectivity index (χ3v) is 6.82. The molecule has 0 radical (unpaired) electrons. The van der Waals surface area contributed by atoms with Gasteiger partial charge in [0, 0.05) is 22.6 Å². The zero-order valence-corrected chi connectivity index (χ0v) is 16.7. The SMILES string of the molecule is O=C1CCCC2=C1[C@H](c1ccc(Br)s1)c1c([nH]n(-c3ccccc3)c1=O)N2. The maximum Gasteiger partial charge on any atom is 0.277 e. The highest BCUT2D eigenvalue weighted by Gasteiger charge is 2.39. The summed E-state index contributed by atoms with van der Waals surface area (Å²) in [5, 5.41) is 6.56. The van der Waals surface area contributed by atoms with Crippen LogP contribution in [0.4, 0.5) is 5.82 Å². The molecular weight excluding hydrogens is 426 g/mol. The summed E-state index contributed by atoms with van der Waals surface area (Å²) in [6, 6.07) is 13.5. The number of allylic oxidation sites excluding steroid dienone is 2. The molecule has 0 spiro atoms. The molecule has 2 aromatic heterocycles. The van der Waals surface area contributed by atoms with E-state index in [1.165, 1.54) is 0 Å². The van der Waals surface area contributed by atoms with Gasteiger partial charge in [-0.05, 0) is 53.0 Å². The summed E-state index contributed by atoms with van der Waals surface area (Å²) in [7, 11) is 0. The monoisotopic (exact) mass is 441 g/mol. The first kappa shape index (κ1) is 16.8. The van der Waals surface area contributed by atoms with Crippen molar-refractivity contribution in [2.45, 2.75) is 25.2 Å². The molecule has 3 aromatic rings. The fourth-order valence-corrected chi connectivity index (χ4v) is 5.51. The summed E-state index contributed by atoms with van der Waals surface area (Å²) in [5.41, 5.74) is 2.95. The van der Waals surface area contributed by atoms with Gasteiger partial charge in [-0.3, -0.25) is 14.7 Å². The first-order chi connectivity index (χ1) is 13.1. The Morgan fingerprint density at radius 1 is 1.07 bits per heavy atom. The van der Waals surface area contributed by atoms with Crippen molar-refractivity contribution < 1.29 is 4.79 Å². The number of aromatic amines is 1.